The molecule has 1 rings (SSSR count). The van der Waals surface area contributed by atoms with Gasteiger partial charge in [-0.15, -0.1) is 12.3 Å². The quantitative estimate of drug-likeness (QED) is 0.790. The molecule has 0 aliphatic carbocycles. The standard InChI is InChI=1S/C14H19N3O/c1-4-7-13(15)14(18)17(5-2)10-12-9-6-8-11(3)16-12/h1,6,8-9,13H,5,7,10,15H2,2-3H3. The van der Waals surface area contributed by atoms with Crippen LogP contribution in [-0.2, 0) is 11.3 Å². The number of aromatic nitrogens is 1. The van der Waals surface area contributed by atoms with Gasteiger partial charge in [0.05, 0.1) is 18.3 Å². The summed E-state index contributed by atoms with van der Waals surface area (Å²) < 4.78 is 0. The van der Waals surface area contributed by atoms with Gasteiger partial charge in [0, 0.05) is 18.7 Å². The summed E-state index contributed by atoms with van der Waals surface area (Å²) in [4.78, 5) is 18.1. The molecule has 1 aromatic rings. The van der Waals surface area contributed by atoms with Gasteiger partial charge < -0.3 is 10.6 Å². The van der Waals surface area contributed by atoms with Crippen LogP contribution in [0.3, 0.4) is 0 Å². The maximum Gasteiger partial charge on any atom is 0.240 e. The van der Waals surface area contributed by atoms with Gasteiger partial charge in [-0.1, -0.05) is 6.07 Å². The third-order valence-corrected chi connectivity index (χ3v) is 2.65. The number of hydrogen-bond donors (Lipinski definition) is 1. The fraction of sp³-hybridized carbons (Fsp3) is 0.429. The van der Waals surface area contributed by atoms with Gasteiger partial charge >= 0.3 is 0 Å². The zero-order valence-electron chi connectivity index (χ0n) is 10.9. The Bertz CT molecular complexity index is 451. The topological polar surface area (TPSA) is 59.2 Å². The van der Waals surface area contributed by atoms with E-state index in [-0.39, 0.29) is 12.3 Å². The molecule has 1 amide bonds. The van der Waals surface area contributed by atoms with Gasteiger partial charge in [-0.05, 0) is 26.0 Å². The lowest BCUT2D eigenvalue weighted by molar-refractivity contribution is -0.132. The average molecular weight is 245 g/mol. The minimum Gasteiger partial charge on any atom is -0.336 e. The van der Waals surface area contributed by atoms with E-state index in [1.165, 1.54) is 0 Å². The van der Waals surface area contributed by atoms with Crippen LogP contribution in [0.2, 0.25) is 0 Å². The second kappa shape index (κ2) is 6.77. The van der Waals surface area contributed by atoms with E-state index in [2.05, 4.69) is 10.9 Å². The van der Waals surface area contributed by atoms with Gasteiger partial charge in [0.2, 0.25) is 5.91 Å². The first-order chi connectivity index (χ1) is 8.58. The van der Waals surface area contributed by atoms with Crippen molar-refractivity contribution in [3.05, 3.63) is 29.6 Å². The minimum absolute atomic E-state index is 0.126. The molecule has 0 radical (unpaired) electrons. The van der Waals surface area contributed by atoms with Gasteiger partial charge in [0.1, 0.15) is 0 Å². The van der Waals surface area contributed by atoms with E-state index in [1.54, 1.807) is 4.90 Å². The van der Waals surface area contributed by atoms with Crippen LogP contribution in [0.25, 0.3) is 0 Å². The van der Waals surface area contributed by atoms with E-state index in [0.29, 0.717) is 13.1 Å². The van der Waals surface area contributed by atoms with Crippen molar-refractivity contribution < 1.29 is 4.79 Å². The van der Waals surface area contributed by atoms with Crippen LogP contribution in [0, 0.1) is 19.3 Å². The highest BCUT2D eigenvalue weighted by molar-refractivity contribution is 5.81. The number of aryl methyl sites for hydroxylation is 1. The Labute approximate surface area is 108 Å². The lowest BCUT2D eigenvalue weighted by Crippen LogP contribution is -2.43. The normalized spacial score (nSPS) is 11.7. The van der Waals surface area contributed by atoms with Crippen LogP contribution in [0.1, 0.15) is 24.7 Å². The minimum atomic E-state index is -0.625. The number of amides is 1. The van der Waals surface area contributed by atoms with Crippen LogP contribution in [0.15, 0.2) is 18.2 Å². The maximum atomic E-state index is 12.0. The molecule has 0 bridgehead atoms. The first kappa shape index (κ1) is 14.2. The van der Waals surface area contributed by atoms with E-state index in [0.717, 1.165) is 11.4 Å². The highest BCUT2D eigenvalue weighted by Crippen LogP contribution is 2.05. The molecule has 1 heterocycles. The van der Waals surface area contributed by atoms with Crippen LogP contribution in [0.5, 0.6) is 0 Å². The highest BCUT2D eigenvalue weighted by Gasteiger charge is 2.19. The molecule has 1 aromatic heterocycles. The van der Waals surface area contributed by atoms with E-state index in [9.17, 15) is 4.79 Å². The summed E-state index contributed by atoms with van der Waals surface area (Å²) >= 11 is 0. The molecule has 1 atom stereocenters. The lowest BCUT2D eigenvalue weighted by Gasteiger charge is -2.23. The Morgan fingerprint density at radius 1 is 1.61 bits per heavy atom. The number of nitrogens with zero attached hydrogens (tertiary/aromatic N) is 2. The van der Waals surface area contributed by atoms with Gasteiger partial charge in [0.25, 0.3) is 0 Å². The van der Waals surface area contributed by atoms with Crippen molar-refractivity contribution in [3.8, 4) is 12.3 Å². The molecule has 0 aliphatic heterocycles. The Balaban J connectivity index is 2.73. The fourth-order valence-electron chi connectivity index (χ4n) is 1.68. The number of terminal acetylenes is 1. The van der Waals surface area contributed by atoms with Crippen molar-refractivity contribution >= 4 is 5.91 Å². The molecule has 2 N–H and O–H groups in total. The maximum absolute atomic E-state index is 12.0. The largest absolute Gasteiger partial charge is 0.336 e. The first-order valence-electron chi connectivity index (χ1n) is 5.98. The molecule has 0 fully saturated rings. The molecule has 4 heteroatoms. The molecule has 4 nitrogen and oxygen atoms in total. The highest BCUT2D eigenvalue weighted by atomic mass is 16.2. The Morgan fingerprint density at radius 3 is 2.89 bits per heavy atom. The number of nitrogens with two attached hydrogens (primary N) is 1. The number of rotatable bonds is 5. The van der Waals surface area contributed by atoms with Gasteiger partial charge in [0.15, 0.2) is 0 Å². The van der Waals surface area contributed by atoms with Crippen molar-refractivity contribution in [1.82, 2.24) is 9.88 Å². The Hall–Kier alpha value is -1.86. The third-order valence-electron chi connectivity index (χ3n) is 2.65. The zero-order chi connectivity index (χ0) is 13.5. The van der Waals surface area contributed by atoms with Gasteiger partial charge in [-0.3, -0.25) is 9.78 Å². The summed E-state index contributed by atoms with van der Waals surface area (Å²) in [6.07, 6.45) is 5.43. The van der Waals surface area contributed by atoms with Crippen LogP contribution >= 0.6 is 0 Å². The monoisotopic (exact) mass is 245 g/mol. The second-order valence-corrected chi connectivity index (χ2v) is 4.14. The van der Waals surface area contributed by atoms with Crippen molar-refractivity contribution in [3.63, 3.8) is 0 Å². The Morgan fingerprint density at radius 2 is 2.33 bits per heavy atom. The van der Waals surface area contributed by atoms with Crippen molar-refractivity contribution in [2.45, 2.75) is 32.9 Å². The van der Waals surface area contributed by atoms with Gasteiger partial charge in [-0.25, -0.2) is 0 Å². The van der Waals surface area contributed by atoms with Gasteiger partial charge in [-0.2, -0.15) is 0 Å². The smallest absolute Gasteiger partial charge is 0.240 e. The number of likely N-dealkylation sites (N-methyl/N-ethyl adjacent to an activating group) is 1. The molecule has 0 aliphatic rings. The van der Waals surface area contributed by atoms with E-state index < -0.39 is 6.04 Å². The summed E-state index contributed by atoms with van der Waals surface area (Å²) in [5.74, 6) is 2.29. The summed E-state index contributed by atoms with van der Waals surface area (Å²) in [5.41, 5.74) is 7.53. The predicted molar refractivity (Wildman–Crippen MR) is 71.5 cm³/mol. The average Bonchev–Trinajstić information content (AvgIpc) is 2.35. The first-order valence-corrected chi connectivity index (χ1v) is 5.98. The van der Waals surface area contributed by atoms with E-state index in [1.807, 2.05) is 32.0 Å². The number of hydrogen-bond acceptors (Lipinski definition) is 3. The molecule has 18 heavy (non-hydrogen) atoms. The molecule has 0 saturated carbocycles. The second-order valence-electron chi connectivity index (χ2n) is 4.14. The summed E-state index contributed by atoms with van der Waals surface area (Å²) in [7, 11) is 0. The van der Waals surface area contributed by atoms with Crippen molar-refractivity contribution in [2.75, 3.05) is 6.54 Å². The van der Waals surface area contributed by atoms with Crippen LogP contribution < -0.4 is 5.73 Å². The van der Waals surface area contributed by atoms with Crippen LogP contribution in [0.4, 0.5) is 0 Å². The number of carbonyl (C=O) groups is 1. The molecular weight excluding hydrogens is 226 g/mol. The molecular formula is C14H19N3O. The zero-order valence-corrected chi connectivity index (χ0v) is 10.9. The number of pyridine rings is 1. The van der Waals surface area contributed by atoms with Crippen LogP contribution in [-0.4, -0.2) is 28.4 Å². The molecule has 96 valence electrons. The third kappa shape index (κ3) is 3.86. The lowest BCUT2D eigenvalue weighted by atomic mass is 10.2. The van der Waals surface area contributed by atoms with Crippen molar-refractivity contribution in [1.29, 1.82) is 0 Å². The predicted octanol–water partition coefficient (Wildman–Crippen LogP) is 1.09. The SMILES string of the molecule is C#CCC(N)C(=O)N(CC)Cc1cccc(C)n1. The molecule has 0 aromatic carbocycles. The molecule has 0 saturated heterocycles. The summed E-state index contributed by atoms with van der Waals surface area (Å²) in [6.45, 7) is 4.89. The number of carbonyl (C=O) groups excluding carboxylic acids is 1. The molecule has 0 spiro atoms. The van der Waals surface area contributed by atoms with Crippen molar-refractivity contribution in [2.24, 2.45) is 5.73 Å². The summed E-state index contributed by atoms with van der Waals surface area (Å²) in [5, 5.41) is 0. The molecule has 1 unspecified atom stereocenters. The fourth-order valence-corrected chi connectivity index (χ4v) is 1.68. The summed E-state index contributed by atoms with van der Waals surface area (Å²) in [6, 6.07) is 5.12. The van der Waals surface area contributed by atoms with E-state index in [4.69, 9.17) is 12.2 Å². The Kier molecular flexibility index (Phi) is 5.34. The van der Waals surface area contributed by atoms with E-state index >= 15 is 0 Å².